The van der Waals surface area contributed by atoms with Crippen molar-refractivity contribution in [2.75, 3.05) is 5.32 Å². The maximum absolute atomic E-state index is 3.57. The highest BCUT2D eigenvalue weighted by atomic mass is 14.9. The second kappa shape index (κ2) is 9.21. The molecule has 0 fully saturated rings. The van der Waals surface area contributed by atoms with Crippen LogP contribution in [0.2, 0.25) is 0 Å². The van der Waals surface area contributed by atoms with Crippen molar-refractivity contribution in [3.8, 4) is 22.3 Å². The number of hydrogen-bond acceptors (Lipinski definition) is 1. The molecule has 0 saturated carbocycles. The molecule has 0 aliphatic heterocycles. The van der Waals surface area contributed by atoms with Crippen molar-refractivity contribution >= 4 is 43.7 Å². The lowest BCUT2D eigenvalue weighted by Crippen LogP contribution is -1.91. The first kappa shape index (κ1) is 22.3. The van der Waals surface area contributed by atoms with E-state index < -0.39 is 0 Å². The number of hydrogen-bond donors (Lipinski definition) is 1. The van der Waals surface area contributed by atoms with Crippen molar-refractivity contribution in [1.29, 1.82) is 0 Å². The lowest BCUT2D eigenvalue weighted by Gasteiger charge is -2.14. The molecule has 0 amide bonds. The summed E-state index contributed by atoms with van der Waals surface area (Å²) in [6.07, 6.45) is 0. The maximum atomic E-state index is 3.57. The van der Waals surface area contributed by atoms with Gasteiger partial charge in [0.15, 0.2) is 0 Å². The van der Waals surface area contributed by atoms with Crippen molar-refractivity contribution in [1.82, 2.24) is 0 Å². The quantitative estimate of drug-likeness (QED) is 0.244. The molecule has 0 unspecified atom stereocenters. The Morgan fingerprint density at radius 1 is 0.421 bits per heavy atom. The van der Waals surface area contributed by atoms with Gasteiger partial charge in [-0.1, -0.05) is 109 Å². The molecule has 0 aromatic heterocycles. The van der Waals surface area contributed by atoms with Crippen molar-refractivity contribution in [3.05, 3.63) is 145 Å². The van der Waals surface area contributed by atoms with Crippen molar-refractivity contribution in [3.63, 3.8) is 0 Å². The fraction of sp³-hybridized carbons (Fsp3) is 0.0270. The average molecular weight is 486 g/mol. The summed E-state index contributed by atoms with van der Waals surface area (Å²) in [5.41, 5.74) is 8.45. The largest absolute Gasteiger partial charge is 0.356 e. The third-order valence-electron chi connectivity index (χ3n) is 7.56. The zero-order chi connectivity index (χ0) is 25.5. The van der Waals surface area contributed by atoms with Gasteiger partial charge in [0.2, 0.25) is 0 Å². The Morgan fingerprint density at radius 3 is 1.71 bits per heavy atom. The molecule has 0 bridgehead atoms. The van der Waals surface area contributed by atoms with Gasteiger partial charge in [-0.2, -0.15) is 0 Å². The highest BCUT2D eigenvalue weighted by molar-refractivity contribution is 6.15. The van der Waals surface area contributed by atoms with E-state index in [0.717, 1.165) is 11.4 Å². The van der Waals surface area contributed by atoms with E-state index in [1.165, 1.54) is 60.1 Å². The molecule has 7 rings (SSSR count). The van der Waals surface area contributed by atoms with E-state index >= 15 is 0 Å². The van der Waals surface area contributed by atoms with Gasteiger partial charge in [-0.25, -0.2) is 0 Å². The van der Waals surface area contributed by atoms with Crippen molar-refractivity contribution in [2.45, 2.75) is 6.92 Å². The first-order valence-electron chi connectivity index (χ1n) is 13.1. The zero-order valence-corrected chi connectivity index (χ0v) is 21.3. The molecule has 0 aliphatic carbocycles. The normalized spacial score (nSPS) is 11.3. The Balaban J connectivity index is 1.19. The van der Waals surface area contributed by atoms with Crippen molar-refractivity contribution < 1.29 is 0 Å². The van der Waals surface area contributed by atoms with Crippen LogP contribution in [0, 0.1) is 6.92 Å². The Bertz CT molecular complexity index is 1920. The van der Waals surface area contributed by atoms with Crippen LogP contribution in [0.4, 0.5) is 11.4 Å². The standard InChI is InChI=1S/C37H27N/c1-25-8-6-15-35-36(24-29-10-3-5-13-34(29)37(25)35)28-18-22-31(23-19-28)38-30-20-16-27(17-21-30)33-14-7-11-26-9-2-4-12-32(26)33/h2-24,38H,1H3. The molecule has 0 atom stereocenters. The summed E-state index contributed by atoms with van der Waals surface area (Å²) >= 11 is 0. The van der Waals surface area contributed by atoms with E-state index in [1.807, 2.05) is 0 Å². The fourth-order valence-corrected chi connectivity index (χ4v) is 5.68. The molecule has 1 N–H and O–H groups in total. The van der Waals surface area contributed by atoms with Gasteiger partial charge in [0.1, 0.15) is 0 Å². The Hall–Kier alpha value is -4.88. The molecule has 0 saturated heterocycles. The number of fused-ring (bicyclic) bond motifs is 4. The van der Waals surface area contributed by atoms with Crippen LogP contribution in [-0.2, 0) is 0 Å². The number of rotatable bonds is 4. The molecule has 7 aromatic carbocycles. The Kier molecular flexibility index (Phi) is 5.41. The predicted molar refractivity (Wildman–Crippen MR) is 164 cm³/mol. The van der Waals surface area contributed by atoms with Gasteiger partial charge in [-0.15, -0.1) is 0 Å². The molecule has 1 heteroatoms. The van der Waals surface area contributed by atoms with E-state index in [0.29, 0.717) is 0 Å². The topological polar surface area (TPSA) is 12.0 Å². The van der Waals surface area contributed by atoms with Crippen LogP contribution < -0.4 is 5.32 Å². The van der Waals surface area contributed by atoms with Gasteiger partial charge in [-0.05, 0) is 97.4 Å². The molecular weight excluding hydrogens is 458 g/mol. The molecule has 0 aliphatic rings. The Labute approximate surface area is 223 Å². The molecule has 0 heterocycles. The van der Waals surface area contributed by atoms with Gasteiger partial charge < -0.3 is 5.32 Å². The molecule has 38 heavy (non-hydrogen) atoms. The lowest BCUT2D eigenvalue weighted by molar-refractivity contribution is 1.53. The highest BCUT2D eigenvalue weighted by Gasteiger charge is 2.10. The van der Waals surface area contributed by atoms with Crippen LogP contribution in [0.15, 0.2) is 140 Å². The molecule has 1 nitrogen and oxygen atoms in total. The predicted octanol–water partition coefficient (Wildman–Crippen LogP) is 10.5. The van der Waals surface area contributed by atoms with Crippen LogP contribution in [0.5, 0.6) is 0 Å². The third kappa shape index (κ3) is 3.90. The van der Waals surface area contributed by atoms with Crippen LogP contribution in [0.1, 0.15) is 5.56 Å². The third-order valence-corrected chi connectivity index (χ3v) is 7.56. The van der Waals surface area contributed by atoms with E-state index in [9.17, 15) is 0 Å². The first-order valence-corrected chi connectivity index (χ1v) is 13.1. The molecule has 7 aromatic rings. The molecular formula is C37H27N. The van der Waals surface area contributed by atoms with Crippen molar-refractivity contribution in [2.24, 2.45) is 0 Å². The molecule has 0 spiro atoms. The number of nitrogens with one attached hydrogen (secondary N) is 1. The summed E-state index contributed by atoms with van der Waals surface area (Å²) in [6, 6.07) is 50.2. The van der Waals surface area contributed by atoms with Gasteiger partial charge >= 0.3 is 0 Å². The summed E-state index contributed by atoms with van der Waals surface area (Å²) in [4.78, 5) is 0. The SMILES string of the molecule is Cc1cccc2c(-c3ccc(Nc4ccc(-c5cccc6ccccc56)cc4)cc3)cc3ccccc3c12. The molecule has 180 valence electrons. The van der Waals surface area contributed by atoms with Gasteiger partial charge in [0.05, 0.1) is 0 Å². The summed E-state index contributed by atoms with van der Waals surface area (Å²) < 4.78 is 0. The summed E-state index contributed by atoms with van der Waals surface area (Å²) in [5, 5.41) is 11.4. The lowest BCUT2D eigenvalue weighted by atomic mass is 9.91. The van der Waals surface area contributed by atoms with E-state index in [4.69, 9.17) is 0 Å². The smallest absolute Gasteiger partial charge is 0.0384 e. The van der Waals surface area contributed by atoms with Crippen LogP contribution in [0.3, 0.4) is 0 Å². The Morgan fingerprint density at radius 2 is 0.974 bits per heavy atom. The van der Waals surface area contributed by atoms with E-state index in [1.54, 1.807) is 0 Å². The second-order valence-corrected chi connectivity index (χ2v) is 9.95. The summed E-state index contributed by atoms with van der Waals surface area (Å²) in [7, 11) is 0. The van der Waals surface area contributed by atoms with Crippen LogP contribution in [-0.4, -0.2) is 0 Å². The minimum Gasteiger partial charge on any atom is -0.356 e. The highest BCUT2D eigenvalue weighted by Crippen LogP contribution is 2.37. The first-order chi connectivity index (χ1) is 18.7. The van der Waals surface area contributed by atoms with Gasteiger partial charge in [0, 0.05) is 11.4 Å². The number of benzene rings is 7. The molecule has 0 radical (unpaired) electrons. The summed E-state index contributed by atoms with van der Waals surface area (Å²) in [5.74, 6) is 0. The van der Waals surface area contributed by atoms with E-state index in [2.05, 4.69) is 152 Å². The summed E-state index contributed by atoms with van der Waals surface area (Å²) in [6.45, 7) is 2.21. The monoisotopic (exact) mass is 485 g/mol. The fourth-order valence-electron chi connectivity index (χ4n) is 5.68. The van der Waals surface area contributed by atoms with Crippen LogP contribution >= 0.6 is 0 Å². The average Bonchev–Trinajstić information content (AvgIpc) is 2.97. The van der Waals surface area contributed by atoms with Gasteiger partial charge in [-0.3, -0.25) is 0 Å². The van der Waals surface area contributed by atoms with Gasteiger partial charge in [0.25, 0.3) is 0 Å². The minimum atomic E-state index is 1.08. The number of aryl methyl sites for hydroxylation is 1. The maximum Gasteiger partial charge on any atom is 0.0384 e. The number of anilines is 2. The van der Waals surface area contributed by atoms with Crippen LogP contribution in [0.25, 0.3) is 54.6 Å². The minimum absolute atomic E-state index is 1.08. The zero-order valence-electron chi connectivity index (χ0n) is 21.3. The second-order valence-electron chi connectivity index (χ2n) is 9.95. The van der Waals surface area contributed by atoms with E-state index in [-0.39, 0.29) is 0 Å².